The second-order valence-corrected chi connectivity index (χ2v) is 6.58. The van der Waals surface area contributed by atoms with Gasteiger partial charge in [-0.2, -0.15) is 13.2 Å². The number of carbonyl (C=O) groups is 2. The molecule has 6 nitrogen and oxygen atoms in total. The van der Waals surface area contributed by atoms with E-state index < -0.39 is 17.8 Å². The van der Waals surface area contributed by atoms with Crippen LogP contribution in [-0.2, 0) is 11.0 Å². The van der Waals surface area contributed by atoms with Crippen LogP contribution in [0.4, 0.5) is 23.7 Å². The number of benzene rings is 1. The van der Waals surface area contributed by atoms with E-state index in [1.165, 1.54) is 17.2 Å². The number of fused-ring (bicyclic) bond motifs is 2. The normalized spacial score (nSPS) is 20.6. The Morgan fingerprint density at radius 3 is 2.67 bits per heavy atom. The van der Waals surface area contributed by atoms with Crippen LogP contribution in [0.3, 0.4) is 0 Å². The number of pyridine rings is 1. The number of amides is 3. The molecule has 1 unspecified atom stereocenters. The van der Waals surface area contributed by atoms with Gasteiger partial charge >= 0.3 is 12.2 Å². The van der Waals surface area contributed by atoms with E-state index in [2.05, 4.69) is 4.98 Å². The molecule has 2 aromatic rings. The summed E-state index contributed by atoms with van der Waals surface area (Å²) in [5, 5.41) is 0.586. The lowest BCUT2D eigenvalue weighted by atomic mass is 10.1. The molecule has 27 heavy (non-hydrogen) atoms. The fourth-order valence-corrected chi connectivity index (χ4v) is 3.75. The third-order valence-corrected chi connectivity index (χ3v) is 5.11. The molecule has 2 saturated heterocycles. The number of hydrogen-bond acceptors (Lipinski definition) is 4. The molecule has 2 aliphatic heterocycles. The van der Waals surface area contributed by atoms with E-state index >= 15 is 0 Å². The van der Waals surface area contributed by atoms with Crippen molar-refractivity contribution in [3.8, 4) is 0 Å². The van der Waals surface area contributed by atoms with E-state index in [0.717, 1.165) is 12.1 Å². The molecule has 4 rings (SSSR count). The largest absolute Gasteiger partial charge is 0.416 e. The summed E-state index contributed by atoms with van der Waals surface area (Å²) in [5.74, 6) is -0.232. The molecule has 1 atom stereocenters. The number of nitrogens with zero attached hydrogens (tertiary/aromatic N) is 4. The number of piperazine rings is 1. The Morgan fingerprint density at radius 1 is 1.19 bits per heavy atom. The summed E-state index contributed by atoms with van der Waals surface area (Å²) in [6, 6.07) is 4.35. The minimum absolute atomic E-state index is 0.232. The van der Waals surface area contributed by atoms with Crippen molar-refractivity contribution in [2.24, 2.45) is 0 Å². The summed E-state index contributed by atoms with van der Waals surface area (Å²) in [4.78, 5) is 33.5. The Kier molecular flexibility index (Phi) is 3.97. The summed E-state index contributed by atoms with van der Waals surface area (Å²) < 4.78 is 38.9. The minimum Gasteiger partial charge on any atom is -0.367 e. The zero-order valence-electron chi connectivity index (χ0n) is 14.5. The number of hydrogen-bond donors (Lipinski definition) is 0. The summed E-state index contributed by atoms with van der Waals surface area (Å²) in [7, 11) is 0. The van der Waals surface area contributed by atoms with Crippen LogP contribution in [0.1, 0.15) is 12.5 Å². The smallest absolute Gasteiger partial charge is 0.367 e. The maximum atomic E-state index is 13.0. The lowest BCUT2D eigenvalue weighted by molar-refractivity contribution is -0.137. The molecule has 0 spiro atoms. The summed E-state index contributed by atoms with van der Waals surface area (Å²) >= 11 is 0. The minimum atomic E-state index is -4.43. The van der Waals surface area contributed by atoms with Crippen LogP contribution < -0.4 is 4.90 Å². The lowest BCUT2D eigenvalue weighted by Crippen LogP contribution is -2.53. The number of anilines is 1. The van der Waals surface area contributed by atoms with Crippen LogP contribution in [0, 0.1) is 0 Å². The van der Waals surface area contributed by atoms with Crippen LogP contribution in [0.5, 0.6) is 0 Å². The van der Waals surface area contributed by atoms with Crippen molar-refractivity contribution >= 4 is 28.5 Å². The number of imide groups is 1. The van der Waals surface area contributed by atoms with Crippen LogP contribution in [-0.4, -0.2) is 58.9 Å². The SMILES string of the molecule is CCN1C(=O)C2CN(c3ccnc4cc(C(F)(F)F)ccc34)CCN2C1=O. The van der Waals surface area contributed by atoms with E-state index in [4.69, 9.17) is 0 Å². The van der Waals surface area contributed by atoms with Gasteiger partial charge in [-0.3, -0.25) is 14.7 Å². The second kappa shape index (κ2) is 6.11. The van der Waals surface area contributed by atoms with Crippen molar-refractivity contribution < 1.29 is 22.8 Å². The van der Waals surface area contributed by atoms with Crippen molar-refractivity contribution in [2.75, 3.05) is 31.1 Å². The molecule has 3 heterocycles. The predicted octanol–water partition coefficient (Wildman–Crippen LogP) is 2.73. The molecular weight excluding hydrogens is 361 g/mol. The molecule has 0 radical (unpaired) electrons. The molecule has 0 bridgehead atoms. The number of likely N-dealkylation sites (N-methyl/N-ethyl adjacent to an activating group) is 1. The number of rotatable bonds is 2. The van der Waals surface area contributed by atoms with Gasteiger partial charge in [0.25, 0.3) is 5.91 Å². The molecule has 142 valence electrons. The van der Waals surface area contributed by atoms with E-state index in [9.17, 15) is 22.8 Å². The summed E-state index contributed by atoms with van der Waals surface area (Å²) in [5.41, 5.74) is 0.206. The maximum Gasteiger partial charge on any atom is 0.416 e. The van der Waals surface area contributed by atoms with Gasteiger partial charge in [0, 0.05) is 43.4 Å². The molecule has 0 aliphatic carbocycles. The Labute approximate surface area is 153 Å². The first-order valence-corrected chi connectivity index (χ1v) is 8.64. The number of urea groups is 1. The lowest BCUT2D eigenvalue weighted by Gasteiger charge is -2.37. The van der Waals surface area contributed by atoms with Gasteiger partial charge < -0.3 is 9.80 Å². The highest BCUT2D eigenvalue weighted by Crippen LogP contribution is 2.34. The molecule has 1 aromatic carbocycles. The molecule has 2 aliphatic rings. The predicted molar refractivity (Wildman–Crippen MR) is 92.2 cm³/mol. The molecule has 9 heteroatoms. The third-order valence-electron chi connectivity index (χ3n) is 5.11. The van der Waals surface area contributed by atoms with Crippen LogP contribution in [0.15, 0.2) is 30.5 Å². The van der Waals surface area contributed by atoms with Gasteiger partial charge in [-0.25, -0.2) is 4.79 Å². The Balaban J connectivity index is 1.68. The first kappa shape index (κ1) is 17.6. The van der Waals surface area contributed by atoms with Gasteiger partial charge in [0.15, 0.2) is 0 Å². The Morgan fingerprint density at radius 2 is 1.96 bits per heavy atom. The molecule has 2 fully saturated rings. The zero-order chi connectivity index (χ0) is 19.3. The zero-order valence-corrected chi connectivity index (χ0v) is 14.5. The van der Waals surface area contributed by atoms with E-state index in [1.807, 2.05) is 4.90 Å². The second-order valence-electron chi connectivity index (χ2n) is 6.58. The van der Waals surface area contributed by atoms with Crippen molar-refractivity contribution in [3.05, 3.63) is 36.0 Å². The average Bonchev–Trinajstić information content (AvgIpc) is 2.89. The average molecular weight is 378 g/mol. The number of carbonyl (C=O) groups excluding carboxylic acids is 2. The molecular formula is C18H17F3N4O2. The fourth-order valence-electron chi connectivity index (χ4n) is 3.75. The first-order valence-electron chi connectivity index (χ1n) is 8.64. The molecule has 0 N–H and O–H groups in total. The van der Waals surface area contributed by atoms with Crippen molar-refractivity contribution in [1.29, 1.82) is 0 Å². The maximum absolute atomic E-state index is 13.0. The van der Waals surface area contributed by atoms with Crippen molar-refractivity contribution in [2.45, 2.75) is 19.1 Å². The highest BCUT2D eigenvalue weighted by molar-refractivity contribution is 6.05. The third kappa shape index (κ3) is 2.77. The Bertz CT molecular complexity index is 930. The van der Waals surface area contributed by atoms with Gasteiger partial charge in [-0.05, 0) is 25.1 Å². The van der Waals surface area contributed by atoms with Gasteiger partial charge in [0.2, 0.25) is 0 Å². The summed E-state index contributed by atoms with van der Waals surface area (Å²) in [6.45, 7) is 3.26. The van der Waals surface area contributed by atoms with Gasteiger partial charge in [-0.1, -0.05) is 6.07 Å². The number of aromatic nitrogens is 1. The van der Waals surface area contributed by atoms with Crippen LogP contribution in [0.2, 0.25) is 0 Å². The molecule has 1 aromatic heterocycles. The molecule has 3 amide bonds. The quantitative estimate of drug-likeness (QED) is 0.754. The molecule has 0 saturated carbocycles. The highest BCUT2D eigenvalue weighted by atomic mass is 19.4. The Hall–Kier alpha value is -2.84. The van der Waals surface area contributed by atoms with Crippen molar-refractivity contribution in [3.63, 3.8) is 0 Å². The van der Waals surface area contributed by atoms with Gasteiger partial charge in [0.05, 0.1) is 11.1 Å². The highest BCUT2D eigenvalue weighted by Gasteiger charge is 2.47. The standard InChI is InChI=1S/C18H17F3N4O2/c1-2-24-16(26)15-10-23(7-8-25(15)17(24)27)14-5-6-22-13-9-11(18(19,20)21)3-4-12(13)14/h3-6,9,15H,2,7-8,10H2,1H3. The van der Waals surface area contributed by atoms with Crippen LogP contribution >= 0.6 is 0 Å². The fraction of sp³-hybridized carbons (Fsp3) is 0.389. The van der Waals surface area contributed by atoms with Gasteiger partial charge in [-0.15, -0.1) is 0 Å². The monoisotopic (exact) mass is 378 g/mol. The topological polar surface area (TPSA) is 56.8 Å². The van der Waals surface area contributed by atoms with E-state index in [0.29, 0.717) is 37.3 Å². The van der Waals surface area contributed by atoms with E-state index in [-0.39, 0.29) is 17.5 Å². The summed E-state index contributed by atoms with van der Waals surface area (Å²) in [6.07, 6.45) is -2.97. The number of alkyl halides is 3. The first-order chi connectivity index (χ1) is 12.8. The van der Waals surface area contributed by atoms with E-state index in [1.54, 1.807) is 17.9 Å². The van der Waals surface area contributed by atoms with Crippen molar-refractivity contribution in [1.82, 2.24) is 14.8 Å². The van der Waals surface area contributed by atoms with Crippen LogP contribution in [0.25, 0.3) is 10.9 Å². The van der Waals surface area contributed by atoms with Gasteiger partial charge in [0.1, 0.15) is 6.04 Å². The number of halogens is 3.